The highest BCUT2D eigenvalue weighted by atomic mass is 35.5. The van der Waals surface area contributed by atoms with Crippen molar-refractivity contribution in [3.63, 3.8) is 0 Å². The molecule has 8 heteroatoms. The van der Waals surface area contributed by atoms with Gasteiger partial charge in [0.15, 0.2) is 11.5 Å². The van der Waals surface area contributed by atoms with Gasteiger partial charge in [-0.25, -0.2) is 0 Å². The van der Waals surface area contributed by atoms with Crippen LogP contribution < -0.4 is 19.1 Å². The second kappa shape index (κ2) is 9.72. The lowest BCUT2D eigenvalue weighted by Gasteiger charge is -2.27. The smallest absolute Gasteiger partial charge is 0.300 e. The molecule has 1 heterocycles. The average Bonchev–Trinajstić information content (AvgIpc) is 3.14. The number of methoxy groups -OCH3 is 3. The monoisotopic (exact) mass is 493 g/mol. The Morgan fingerprint density at radius 3 is 2.34 bits per heavy atom. The number of aryl methyl sites for hydroxylation is 1. The first kappa shape index (κ1) is 24.2. The lowest BCUT2D eigenvalue weighted by Crippen LogP contribution is -2.30. The van der Waals surface area contributed by atoms with Gasteiger partial charge >= 0.3 is 0 Å². The summed E-state index contributed by atoms with van der Waals surface area (Å²) in [4.78, 5) is 28.2. The summed E-state index contributed by atoms with van der Waals surface area (Å²) in [6, 6.07) is 15.9. The van der Waals surface area contributed by atoms with E-state index in [9.17, 15) is 14.7 Å². The van der Waals surface area contributed by atoms with E-state index in [0.717, 1.165) is 5.56 Å². The van der Waals surface area contributed by atoms with E-state index in [-0.39, 0.29) is 11.3 Å². The van der Waals surface area contributed by atoms with Gasteiger partial charge in [-0.3, -0.25) is 14.5 Å². The molecule has 1 N–H and O–H groups in total. The summed E-state index contributed by atoms with van der Waals surface area (Å²) in [5.41, 5.74) is 2.03. The van der Waals surface area contributed by atoms with Gasteiger partial charge in [0.1, 0.15) is 11.5 Å². The first-order valence-electron chi connectivity index (χ1n) is 10.7. The summed E-state index contributed by atoms with van der Waals surface area (Å²) < 4.78 is 16.1. The number of nitrogens with zero attached hydrogens (tertiary/aromatic N) is 1. The van der Waals surface area contributed by atoms with Crippen molar-refractivity contribution < 1.29 is 28.9 Å². The number of halogens is 1. The number of ether oxygens (including phenoxy) is 3. The van der Waals surface area contributed by atoms with Gasteiger partial charge in [0.2, 0.25) is 0 Å². The van der Waals surface area contributed by atoms with Crippen molar-refractivity contribution in [2.75, 3.05) is 26.2 Å². The summed E-state index contributed by atoms with van der Waals surface area (Å²) in [5, 5.41) is 11.7. The van der Waals surface area contributed by atoms with Crippen molar-refractivity contribution >= 4 is 34.7 Å². The molecule has 0 saturated carbocycles. The van der Waals surface area contributed by atoms with Crippen molar-refractivity contribution in [2.24, 2.45) is 0 Å². The summed E-state index contributed by atoms with van der Waals surface area (Å²) in [6.45, 7) is 1.82. The fourth-order valence-corrected chi connectivity index (χ4v) is 4.35. The van der Waals surface area contributed by atoms with Crippen LogP contribution in [0.15, 0.2) is 66.2 Å². The number of carbonyl (C=O) groups excluding carboxylic acids is 2. The number of aliphatic hydroxyl groups excluding tert-OH is 1. The number of rotatable bonds is 6. The molecule has 3 aromatic carbocycles. The van der Waals surface area contributed by atoms with Gasteiger partial charge < -0.3 is 19.3 Å². The molecule has 35 heavy (non-hydrogen) atoms. The third-order valence-electron chi connectivity index (χ3n) is 5.94. The number of hydrogen-bond donors (Lipinski definition) is 1. The summed E-state index contributed by atoms with van der Waals surface area (Å²) in [7, 11) is 4.52. The van der Waals surface area contributed by atoms with Crippen molar-refractivity contribution in [2.45, 2.75) is 13.0 Å². The summed E-state index contributed by atoms with van der Waals surface area (Å²) >= 11 is 6.25. The van der Waals surface area contributed by atoms with E-state index in [4.69, 9.17) is 25.8 Å². The Labute approximate surface area is 208 Å². The number of aliphatic hydroxyl groups is 1. The van der Waals surface area contributed by atoms with Gasteiger partial charge in [-0.2, -0.15) is 0 Å². The van der Waals surface area contributed by atoms with Gasteiger partial charge in [-0.1, -0.05) is 35.9 Å². The number of amides is 1. The first-order chi connectivity index (χ1) is 16.8. The molecule has 1 saturated heterocycles. The topological polar surface area (TPSA) is 85.3 Å². The SMILES string of the molecule is COc1cccc(/C(O)=C2\C(=O)C(=O)N(c3cc(Cl)ccc3C)C2c2ccc(OC)c(OC)c2)c1. The standard InChI is InChI=1S/C27H24ClNO6/c1-15-8-10-18(28)14-20(15)29-24(16-9-11-21(34-3)22(13-16)35-4)23(26(31)27(29)32)25(30)17-6-5-7-19(12-17)33-2/h5-14,24,30H,1-4H3/b25-23+. The fourth-order valence-electron chi connectivity index (χ4n) is 4.19. The van der Waals surface area contributed by atoms with Crippen molar-refractivity contribution in [3.05, 3.63) is 87.9 Å². The third-order valence-corrected chi connectivity index (χ3v) is 6.18. The minimum atomic E-state index is -0.946. The highest BCUT2D eigenvalue weighted by Crippen LogP contribution is 2.45. The molecule has 7 nitrogen and oxygen atoms in total. The lowest BCUT2D eigenvalue weighted by atomic mass is 9.94. The van der Waals surface area contributed by atoms with Crippen LogP contribution in [0.4, 0.5) is 5.69 Å². The van der Waals surface area contributed by atoms with Crippen molar-refractivity contribution in [3.8, 4) is 17.2 Å². The minimum Gasteiger partial charge on any atom is -0.507 e. The molecular weight excluding hydrogens is 470 g/mol. The highest BCUT2D eigenvalue weighted by Gasteiger charge is 2.47. The molecule has 1 atom stereocenters. The number of benzene rings is 3. The predicted octanol–water partition coefficient (Wildman–Crippen LogP) is 5.30. The van der Waals surface area contributed by atoms with Gasteiger partial charge in [0.25, 0.3) is 11.7 Å². The summed E-state index contributed by atoms with van der Waals surface area (Å²) in [6.07, 6.45) is 0. The van der Waals surface area contributed by atoms with Crippen LogP contribution in [0.25, 0.3) is 5.76 Å². The maximum absolute atomic E-state index is 13.4. The van der Waals surface area contributed by atoms with E-state index in [1.165, 1.54) is 26.2 Å². The molecule has 0 aliphatic carbocycles. The normalized spacial score (nSPS) is 16.9. The van der Waals surface area contributed by atoms with Crippen molar-refractivity contribution in [1.29, 1.82) is 0 Å². The maximum Gasteiger partial charge on any atom is 0.300 e. The molecule has 1 aliphatic rings. The maximum atomic E-state index is 13.4. The Bertz CT molecular complexity index is 1350. The zero-order chi connectivity index (χ0) is 25.3. The zero-order valence-corrected chi connectivity index (χ0v) is 20.4. The molecular formula is C27H24ClNO6. The number of hydrogen-bond acceptors (Lipinski definition) is 6. The largest absolute Gasteiger partial charge is 0.507 e. The molecule has 4 rings (SSSR count). The number of carbonyl (C=O) groups is 2. The molecule has 180 valence electrons. The van der Waals surface area contributed by atoms with E-state index in [0.29, 0.717) is 39.1 Å². The van der Waals surface area contributed by atoms with Crippen molar-refractivity contribution in [1.82, 2.24) is 0 Å². The Kier molecular flexibility index (Phi) is 6.71. The Hall–Kier alpha value is -3.97. The molecule has 1 aliphatic heterocycles. The third kappa shape index (κ3) is 4.31. The Morgan fingerprint density at radius 1 is 0.914 bits per heavy atom. The molecule has 1 unspecified atom stereocenters. The Balaban J connectivity index is 2.00. The molecule has 1 fully saturated rings. The van der Waals surface area contributed by atoms with Crippen LogP contribution in [0.5, 0.6) is 17.2 Å². The zero-order valence-electron chi connectivity index (χ0n) is 19.7. The van der Waals surface area contributed by atoms with Crippen LogP contribution in [0.3, 0.4) is 0 Å². The van der Waals surface area contributed by atoms with Gasteiger partial charge in [0.05, 0.1) is 32.9 Å². The van der Waals surface area contributed by atoms with Gasteiger partial charge in [-0.05, 0) is 54.4 Å². The highest BCUT2D eigenvalue weighted by molar-refractivity contribution is 6.52. The first-order valence-corrected chi connectivity index (χ1v) is 11.1. The molecule has 0 aromatic heterocycles. The van der Waals surface area contributed by atoms with Crippen LogP contribution in [0.2, 0.25) is 5.02 Å². The quantitative estimate of drug-likeness (QED) is 0.285. The van der Waals surface area contributed by atoms with E-state index in [2.05, 4.69) is 0 Å². The van der Waals surface area contributed by atoms with Crippen LogP contribution in [-0.4, -0.2) is 38.1 Å². The van der Waals surface area contributed by atoms with Crippen LogP contribution in [0, 0.1) is 6.92 Å². The second-order valence-corrected chi connectivity index (χ2v) is 8.38. The fraction of sp³-hybridized carbons (Fsp3) is 0.185. The average molecular weight is 494 g/mol. The predicted molar refractivity (Wildman–Crippen MR) is 134 cm³/mol. The van der Waals surface area contributed by atoms with Crippen LogP contribution >= 0.6 is 11.6 Å². The van der Waals surface area contributed by atoms with Crippen LogP contribution in [0.1, 0.15) is 22.7 Å². The van der Waals surface area contributed by atoms with E-state index >= 15 is 0 Å². The van der Waals surface area contributed by atoms with Gasteiger partial charge in [-0.15, -0.1) is 0 Å². The number of Topliss-reactive ketones (excluding diaryl/α,β-unsaturated/α-hetero) is 1. The Morgan fingerprint density at radius 2 is 1.66 bits per heavy atom. The van der Waals surface area contributed by atoms with E-state index < -0.39 is 17.7 Å². The molecule has 1 amide bonds. The molecule has 3 aromatic rings. The van der Waals surface area contributed by atoms with E-state index in [1.54, 1.807) is 60.7 Å². The molecule has 0 radical (unpaired) electrons. The summed E-state index contributed by atoms with van der Waals surface area (Å²) in [5.74, 6) is -0.510. The minimum absolute atomic E-state index is 0.0603. The lowest BCUT2D eigenvalue weighted by molar-refractivity contribution is -0.132. The molecule has 0 spiro atoms. The van der Waals surface area contributed by atoms with Crippen LogP contribution in [-0.2, 0) is 9.59 Å². The van der Waals surface area contributed by atoms with Gasteiger partial charge in [0, 0.05) is 16.3 Å². The van der Waals surface area contributed by atoms with E-state index in [1.807, 2.05) is 6.92 Å². The number of anilines is 1. The second-order valence-electron chi connectivity index (χ2n) is 7.95. The number of ketones is 1. The molecule has 0 bridgehead atoms.